The van der Waals surface area contributed by atoms with Crippen molar-refractivity contribution in [2.75, 3.05) is 24.3 Å². The summed E-state index contributed by atoms with van der Waals surface area (Å²) in [6, 6.07) is 6.72. The molecule has 6 heteroatoms. The molecular formula is C14H22FNO2S2. The second kappa shape index (κ2) is 8.64. The fourth-order valence-corrected chi connectivity index (χ4v) is 3.46. The quantitative estimate of drug-likeness (QED) is 0.711. The molecule has 0 fully saturated rings. The van der Waals surface area contributed by atoms with E-state index >= 15 is 0 Å². The molecule has 0 aliphatic carbocycles. The first-order valence-electron chi connectivity index (χ1n) is 6.71. The highest BCUT2D eigenvalue weighted by atomic mass is 32.2. The van der Waals surface area contributed by atoms with Crippen LogP contribution < -0.4 is 5.32 Å². The van der Waals surface area contributed by atoms with E-state index in [2.05, 4.69) is 12.2 Å². The van der Waals surface area contributed by atoms with Crippen molar-refractivity contribution >= 4 is 21.6 Å². The number of benzene rings is 1. The van der Waals surface area contributed by atoms with Crippen LogP contribution in [0.5, 0.6) is 0 Å². The lowest BCUT2D eigenvalue weighted by atomic mass is 10.2. The summed E-state index contributed by atoms with van der Waals surface area (Å²) in [5, 5.41) is 3.32. The summed E-state index contributed by atoms with van der Waals surface area (Å²) < 4.78 is 36.0. The van der Waals surface area contributed by atoms with Crippen LogP contribution in [-0.4, -0.2) is 38.8 Å². The van der Waals surface area contributed by atoms with E-state index in [4.69, 9.17) is 0 Å². The average molecular weight is 319 g/mol. The van der Waals surface area contributed by atoms with Crippen molar-refractivity contribution in [3.8, 4) is 0 Å². The van der Waals surface area contributed by atoms with Crippen LogP contribution in [0.15, 0.2) is 29.2 Å². The number of sulfone groups is 1. The molecule has 0 bridgehead atoms. The molecule has 0 saturated carbocycles. The maximum Gasteiger partial charge on any atom is 0.147 e. The Bertz CT molecular complexity index is 506. The molecule has 0 aliphatic rings. The van der Waals surface area contributed by atoms with Crippen LogP contribution in [-0.2, 0) is 9.84 Å². The lowest BCUT2D eigenvalue weighted by Crippen LogP contribution is -2.33. The summed E-state index contributed by atoms with van der Waals surface area (Å²) >= 11 is 1.42. The molecule has 0 aliphatic heterocycles. The van der Waals surface area contributed by atoms with Crippen LogP contribution in [0.25, 0.3) is 0 Å². The lowest BCUT2D eigenvalue weighted by molar-refractivity contribution is 0.532. The SMILES string of the molecule is CCCNC(CCS(C)(=O)=O)CSc1ccccc1F. The number of nitrogens with one attached hydrogen (secondary N) is 1. The zero-order chi connectivity index (χ0) is 15.0. The Labute approximate surface area is 125 Å². The summed E-state index contributed by atoms with van der Waals surface area (Å²) in [6.45, 7) is 2.90. The largest absolute Gasteiger partial charge is 0.313 e. The molecule has 1 aromatic rings. The first kappa shape index (κ1) is 17.5. The van der Waals surface area contributed by atoms with Crippen molar-refractivity contribution in [2.45, 2.75) is 30.7 Å². The van der Waals surface area contributed by atoms with E-state index in [0.29, 0.717) is 17.1 Å². The number of hydrogen-bond donors (Lipinski definition) is 1. The Hall–Kier alpha value is -0.590. The standard InChI is InChI=1S/C14H22FNO2S2/c1-3-9-16-12(8-10-20(2,17)18)11-19-14-7-5-4-6-13(14)15/h4-7,12,16H,3,8-11H2,1-2H3. The van der Waals surface area contributed by atoms with Crippen LogP contribution >= 0.6 is 11.8 Å². The number of thioether (sulfide) groups is 1. The maximum absolute atomic E-state index is 13.5. The molecule has 0 aromatic heterocycles. The predicted octanol–water partition coefficient (Wildman–Crippen LogP) is 2.72. The smallest absolute Gasteiger partial charge is 0.147 e. The van der Waals surface area contributed by atoms with Gasteiger partial charge in [-0.1, -0.05) is 19.1 Å². The predicted molar refractivity (Wildman–Crippen MR) is 83.5 cm³/mol. The Morgan fingerprint density at radius 2 is 2.05 bits per heavy atom. The highest BCUT2D eigenvalue weighted by molar-refractivity contribution is 7.99. The molecule has 0 saturated heterocycles. The van der Waals surface area contributed by atoms with Gasteiger partial charge in [-0.15, -0.1) is 11.8 Å². The van der Waals surface area contributed by atoms with E-state index in [-0.39, 0.29) is 17.6 Å². The second-order valence-corrected chi connectivity index (χ2v) is 8.13. The normalized spacial score (nSPS) is 13.3. The third-order valence-electron chi connectivity index (χ3n) is 2.80. The van der Waals surface area contributed by atoms with Gasteiger partial charge in [0.25, 0.3) is 0 Å². The maximum atomic E-state index is 13.5. The topological polar surface area (TPSA) is 46.2 Å². The molecule has 1 aromatic carbocycles. The van der Waals surface area contributed by atoms with E-state index in [1.54, 1.807) is 18.2 Å². The van der Waals surface area contributed by atoms with Gasteiger partial charge in [0.15, 0.2) is 0 Å². The van der Waals surface area contributed by atoms with Gasteiger partial charge < -0.3 is 5.32 Å². The van der Waals surface area contributed by atoms with Gasteiger partial charge in [0.1, 0.15) is 15.7 Å². The van der Waals surface area contributed by atoms with Crippen LogP contribution in [0.2, 0.25) is 0 Å². The summed E-state index contributed by atoms with van der Waals surface area (Å²) in [5.74, 6) is 0.595. The van der Waals surface area contributed by atoms with E-state index in [1.807, 2.05) is 0 Å². The third kappa shape index (κ3) is 7.26. The van der Waals surface area contributed by atoms with Gasteiger partial charge in [-0.2, -0.15) is 0 Å². The molecule has 0 amide bonds. The van der Waals surface area contributed by atoms with E-state index in [0.717, 1.165) is 13.0 Å². The van der Waals surface area contributed by atoms with Gasteiger partial charge in [-0.05, 0) is 31.5 Å². The van der Waals surface area contributed by atoms with Crippen molar-refractivity contribution in [1.29, 1.82) is 0 Å². The Morgan fingerprint density at radius 3 is 2.65 bits per heavy atom. The molecule has 1 unspecified atom stereocenters. The third-order valence-corrected chi connectivity index (χ3v) is 4.99. The van der Waals surface area contributed by atoms with Crippen LogP contribution in [0.4, 0.5) is 4.39 Å². The molecule has 3 nitrogen and oxygen atoms in total. The monoisotopic (exact) mass is 319 g/mol. The minimum absolute atomic E-state index is 0.0780. The van der Waals surface area contributed by atoms with Crippen molar-refractivity contribution in [3.63, 3.8) is 0 Å². The van der Waals surface area contributed by atoms with Gasteiger partial charge >= 0.3 is 0 Å². The van der Waals surface area contributed by atoms with E-state index in [9.17, 15) is 12.8 Å². The highest BCUT2D eigenvalue weighted by Gasteiger charge is 2.13. The Kier molecular flexibility index (Phi) is 7.55. The molecule has 1 N–H and O–H groups in total. The van der Waals surface area contributed by atoms with Gasteiger partial charge in [0, 0.05) is 22.9 Å². The zero-order valence-corrected chi connectivity index (χ0v) is 13.6. The van der Waals surface area contributed by atoms with Crippen LogP contribution in [0.1, 0.15) is 19.8 Å². The van der Waals surface area contributed by atoms with E-state index < -0.39 is 9.84 Å². The van der Waals surface area contributed by atoms with Crippen molar-refractivity contribution in [2.24, 2.45) is 0 Å². The zero-order valence-electron chi connectivity index (χ0n) is 11.9. The number of halogens is 1. The Balaban J connectivity index is 2.53. The van der Waals surface area contributed by atoms with E-state index in [1.165, 1.54) is 24.1 Å². The van der Waals surface area contributed by atoms with Crippen molar-refractivity contribution in [3.05, 3.63) is 30.1 Å². The molecule has 0 radical (unpaired) electrons. The molecule has 114 valence electrons. The molecule has 0 spiro atoms. The fraction of sp³-hybridized carbons (Fsp3) is 0.571. The number of hydrogen-bond acceptors (Lipinski definition) is 4. The average Bonchev–Trinajstić information content (AvgIpc) is 2.38. The molecule has 1 rings (SSSR count). The fourth-order valence-electron chi connectivity index (χ4n) is 1.70. The molecule has 0 heterocycles. The lowest BCUT2D eigenvalue weighted by Gasteiger charge is -2.17. The minimum Gasteiger partial charge on any atom is -0.313 e. The van der Waals surface area contributed by atoms with Crippen molar-refractivity contribution in [1.82, 2.24) is 5.32 Å². The summed E-state index contributed by atoms with van der Waals surface area (Å²) in [5.41, 5.74) is 0. The molecule has 20 heavy (non-hydrogen) atoms. The highest BCUT2D eigenvalue weighted by Crippen LogP contribution is 2.22. The first-order chi connectivity index (χ1) is 9.42. The number of rotatable bonds is 9. The Morgan fingerprint density at radius 1 is 1.35 bits per heavy atom. The first-order valence-corrected chi connectivity index (χ1v) is 9.75. The molecule has 1 atom stereocenters. The van der Waals surface area contributed by atoms with Gasteiger partial charge in [0.2, 0.25) is 0 Å². The summed E-state index contributed by atoms with van der Waals surface area (Å²) in [6.07, 6.45) is 2.79. The van der Waals surface area contributed by atoms with Gasteiger partial charge in [0.05, 0.1) is 5.75 Å². The van der Waals surface area contributed by atoms with Crippen molar-refractivity contribution < 1.29 is 12.8 Å². The van der Waals surface area contributed by atoms with Crippen LogP contribution in [0.3, 0.4) is 0 Å². The minimum atomic E-state index is -2.96. The molecular weight excluding hydrogens is 297 g/mol. The van der Waals surface area contributed by atoms with Gasteiger partial charge in [-0.25, -0.2) is 12.8 Å². The second-order valence-electron chi connectivity index (χ2n) is 4.81. The van der Waals surface area contributed by atoms with Gasteiger partial charge in [-0.3, -0.25) is 0 Å². The van der Waals surface area contributed by atoms with Crippen LogP contribution in [0, 0.1) is 5.82 Å². The summed E-state index contributed by atoms with van der Waals surface area (Å²) in [4.78, 5) is 0.607. The summed E-state index contributed by atoms with van der Waals surface area (Å²) in [7, 11) is -2.96.